The van der Waals surface area contributed by atoms with Gasteiger partial charge in [-0.2, -0.15) is 5.26 Å². The van der Waals surface area contributed by atoms with Crippen LogP contribution in [0.2, 0.25) is 0 Å². The van der Waals surface area contributed by atoms with Gasteiger partial charge >= 0.3 is 0 Å². The smallest absolute Gasteiger partial charge is 0.113 e. The minimum absolute atomic E-state index is 0.378. The van der Waals surface area contributed by atoms with Crippen molar-refractivity contribution in [2.24, 2.45) is 0 Å². The van der Waals surface area contributed by atoms with Gasteiger partial charge in [0, 0.05) is 23.7 Å². The van der Waals surface area contributed by atoms with E-state index >= 15 is 0 Å². The van der Waals surface area contributed by atoms with Gasteiger partial charge < -0.3 is 10.1 Å². The van der Waals surface area contributed by atoms with Crippen LogP contribution >= 0.6 is 0 Å². The maximum absolute atomic E-state index is 8.98. The second-order valence-corrected chi connectivity index (χ2v) is 3.22. The molecule has 0 saturated heterocycles. The number of nitrogens with two attached hydrogens (primary N) is 1. The van der Waals surface area contributed by atoms with Gasteiger partial charge in [0.25, 0.3) is 0 Å². The first kappa shape index (κ1) is 9.18. The average Bonchev–Trinajstić information content (AvgIpc) is 2.70. The van der Waals surface area contributed by atoms with Gasteiger partial charge in [-0.15, -0.1) is 12.3 Å². The van der Waals surface area contributed by atoms with Gasteiger partial charge in [-0.25, -0.2) is 0 Å². The van der Waals surface area contributed by atoms with Crippen LogP contribution in [0.1, 0.15) is 11.1 Å². The van der Waals surface area contributed by atoms with Gasteiger partial charge in [0.05, 0.1) is 11.6 Å². The van der Waals surface area contributed by atoms with Gasteiger partial charge in [0.1, 0.15) is 5.82 Å². The van der Waals surface area contributed by atoms with Crippen LogP contribution in [0.3, 0.4) is 0 Å². The lowest BCUT2D eigenvalue weighted by molar-refractivity contribution is 1.14. The fourth-order valence-electron chi connectivity index (χ4n) is 1.64. The molecule has 0 bridgehead atoms. The van der Waals surface area contributed by atoms with Crippen molar-refractivity contribution >= 4 is 11.3 Å². The van der Waals surface area contributed by atoms with Crippen molar-refractivity contribution in [3.63, 3.8) is 0 Å². The molecule has 2 aromatic rings. The lowest BCUT2D eigenvalue weighted by Gasteiger charge is -2.08. The van der Waals surface area contributed by atoms with Crippen molar-refractivity contribution in [2.45, 2.75) is 6.42 Å². The summed E-state index contributed by atoms with van der Waals surface area (Å²) in [7, 11) is 0. The molecule has 0 spiro atoms. The number of hydrogen-bond acceptors (Lipinski definition) is 2. The van der Waals surface area contributed by atoms with E-state index in [4.69, 9.17) is 17.4 Å². The highest BCUT2D eigenvalue weighted by Crippen LogP contribution is 2.21. The molecule has 0 amide bonds. The van der Waals surface area contributed by atoms with Crippen molar-refractivity contribution in [3.8, 4) is 18.4 Å². The summed E-state index contributed by atoms with van der Waals surface area (Å²) < 4.78 is 1.83. The number of terminal acetylenes is 1. The Morgan fingerprint density at radius 3 is 3.00 bits per heavy atom. The van der Waals surface area contributed by atoms with E-state index in [2.05, 4.69) is 12.0 Å². The van der Waals surface area contributed by atoms with E-state index in [9.17, 15) is 0 Å². The summed E-state index contributed by atoms with van der Waals surface area (Å²) in [5.74, 6) is 3.06. The molecule has 0 fully saturated rings. The molecule has 72 valence electrons. The Balaban J connectivity index is 2.82. The number of aromatic nitrogens is 1. The number of hydrogen-bond donors (Lipinski definition) is 1. The zero-order chi connectivity index (χ0) is 10.8. The normalized spacial score (nSPS) is 9.73. The van der Waals surface area contributed by atoms with E-state index in [1.807, 2.05) is 22.7 Å². The van der Waals surface area contributed by atoms with Gasteiger partial charge in [0.15, 0.2) is 0 Å². The summed E-state index contributed by atoms with van der Waals surface area (Å²) in [5.41, 5.74) is 8.13. The summed E-state index contributed by atoms with van der Waals surface area (Å²) >= 11 is 0. The molecular weight excluding hydrogens is 186 g/mol. The fraction of sp³-hybridized carbons (Fsp3) is 0.0833. The number of rotatable bonds is 1. The number of nitrogens with zero attached hydrogens (tertiary/aromatic N) is 2. The highest BCUT2D eigenvalue weighted by molar-refractivity contribution is 5.64. The Bertz CT molecular complexity index is 594. The van der Waals surface area contributed by atoms with Crippen LogP contribution in [0.15, 0.2) is 24.4 Å². The number of nitriles is 1. The van der Waals surface area contributed by atoms with Gasteiger partial charge in [-0.05, 0) is 18.2 Å². The van der Waals surface area contributed by atoms with Crippen molar-refractivity contribution < 1.29 is 0 Å². The SMILES string of the molecule is C#CCc1c(C#N)cc2cccn2c1N. The average molecular weight is 195 g/mol. The van der Waals surface area contributed by atoms with Crippen molar-refractivity contribution in [1.82, 2.24) is 4.40 Å². The van der Waals surface area contributed by atoms with Crippen LogP contribution < -0.4 is 5.73 Å². The second-order valence-electron chi connectivity index (χ2n) is 3.22. The molecule has 0 atom stereocenters. The molecule has 2 heterocycles. The first-order valence-electron chi connectivity index (χ1n) is 4.50. The predicted molar refractivity (Wildman–Crippen MR) is 59.1 cm³/mol. The molecule has 0 aliphatic rings. The largest absolute Gasteiger partial charge is 0.385 e. The summed E-state index contributed by atoms with van der Waals surface area (Å²) in [5, 5.41) is 8.98. The first-order valence-corrected chi connectivity index (χ1v) is 4.50. The fourth-order valence-corrected chi connectivity index (χ4v) is 1.64. The molecular formula is C12H9N3. The van der Waals surface area contributed by atoms with Crippen LogP contribution in [0.25, 0.3) is 5.52 Å². The van der Waals surface area contributed by atoms with Crippen LogP contribution in [0, 0.1) is 23.7 Å². The number of nitrogen functional groups attached to an aromatic ring is 1. The van der Waals surface area contributed by atoms with Crippen molar-refractivity contribution in [2.75, 3.05) is 5.73 Å². The highest BCUT2D eigenvalue weighted by Gasteiger charge is 2.09. The summed E-state index contributed by atoms with van der Waals surface area (Å²) in [6, 6.07) is 7.69. The Hall–Kier alpha value is -2.39. The highest BCUT2D eigenvalue weighted by atomic mass is 15.0. The van der Waals surface area contributed by atoms with Crippen LogP contribution in [0.4, 0.5) is 5.82 Å². The molecule has 0 aliphatic heterocycles. The summed E-state index contributed by atoms with van der Waals surface area (Å²) in [4.78, 5) is 0. The van der Waals surface area contributed by atoms with Gasteiger partial charge in [-0.3, -0.25) is 0 Å². The molecule has 0 aliphatic carbocycles. The molecule has 2 rings (SSSR count). The maximum Gasteiger partial charge on any atom is 0.113 e. The molecule has 0 radical (unpaired) electrons. The lowest BCUT2D eigenvalue weighted by atomic mass is 10.1. The standard InChI is InChI=1S/C12H9N3/c1-2-4-11-9(8-13)7-10-5-3-6-15(10)12(11)14/h1,3,5-7H,4,14H2. The number of fused-ring (bicyclic) bond motifs is 1. The maximum atomic E-state index is 8.98. The monoisotopic (exact) mass is 195 g/mol. The Morgan fingerprint density at radius 2 is 2.33 bits per heavy atom. The van der Waals surface area contributed by atoms with E-state index < -0.39 is 0 Å². The molecule has 2 N–H and O–H groups in total. The molecule has 3 nitrogen and oxygen atoms in total. The quantitative estimate of drug-likeness (QED) is 0.702. The Kier molecular flexibility index (Phi) is 2.08. The third-order valence-corrected chi connectivity index (χ3v) is 2.37. The van der Waals surface area contributed by atoms with E-state index in [0.29, 0.717) is 17.8 Å². The zero-order valence-electron chi connectivity index (χ0n) is 8.07. The predicted octanol–water partition coefficient (Wildman–Crippen LogP) is 1.57. The number of pyridine rings is 1. The van der Waals surface area contributed by atoms with Crippen molar-refractivity contribution in [3.05, 3.63) is 35.5 Å². The van der Waals surface area contributed by atoms with Crippen LogP contribution in [-0.4, -0.2) is 4.40 Å². The topological polar surface area (TPSA) is 54.2 Å². The Labute approximate surface area is 87.7 Å². The lowest BCUT2D eigenvalue weighted by Crippen LogP contribution is -2.03. The summed E-state index contributed by atoms with van der Waals surface area (Å²) in [6.07, 6.45) is 7.48. The van der Waals surface area contributed by atoms with Crippen LogP contribution in [0.5, 0.6) is 0 Å². The Morgan fingerprint density at radius 1 is 1.53 bits per heavy atom. The van der Waals surface area contributed by atoms with Crippen LogP contribution in [-0.2, 0) is 6.42 Å². The molecule has 0 aromatic carbocycles. The zero-order valence-corrected chi connectivity index (χ0v) is 8.07. The van der Waals surface area contributed by atoms with Crippen molar-refractivity contribution in [1.29, 1.82) is 5.26 Å². The molecule has 3 heteroatoms. The molecule has 0 unspecified atom stereocenters. The van der Waals surface area contributed by atoms with E-state index in [0.717, 1.165) is 11.1 Å². The van der Waals surface area contributed by atoms with Gasteiger partial charge in [0.2, 0.25) is 0 Å². The third kappa shape index (κ3) is 1.31. The molecule has 2 aromatic heterocycles. The van der Waals surface area contributed by atoms with Gasteiger partial charge in [-0.1, -0.05) is 0 Å². The summed E-state index contributed by atoms with van der Waals surface area (Å²) in [6.45, 7) is 0. The number of anilines is 1. The third-order valence-electron chi connectivity index (χ3n) is 2.37. The second kappa shape index (κ2) is 3.40. The van der Waals surface area contributed by atoms with E-state index in [1.165, 1.54) is 0 Å². The van der Waals surface area contributed by atoms with E-state index in [1.54, 1.807) is 6.07 Å². The molecule has 0 saturated carbocycles. The van der Waals surface area contributed by atoms with E-state index in [-0.39, 0.29) is 0 Å². The minimum atomic E-state index is 0.378. The minimum Gasteiger partial charge on any atom is -0.385 e. The first-order chi connectivity index (χ1) is 7.27. The molecule has 15 heavy (non-hydrogen) atoms.